The number of ketones is 2. The first-order chi connectivity index (χ1) is 6.67. The van der Waals surface area contributed by atoms with Gasteiger partial charge in [0.25, 0.3) is 0 Å². The van der Waals surface area contributed by atoms with Crippen LogP contribution < -0.4 is 0 Å². The van der Waals surface area contributed by atoms with Crippen LogP contribution in [0, 0.1) is 5.92 Å². The van der Waals surface area contributed by atoms with Gasteiger partial charge in [0.1, 0.15) is 11.6 Å². The highest BCUT2D eigenvalue weighted by Crippen LogP contribution is 2.14. The molecule has 0 rings (SSSR count). The minimum atomic E-state index is -0.309. The van der Waals surface area contributed by atoms with Crippen LogP contribution in [0.3, 0.4) is 0 Å². The molecule has 0 aromatic carbocycles. The molecule has 82 valence electrons. The number of hydrogen-bond donors (Lipinski definition) is 0. The Bertz CT molecular complexity index is 185. The first-order valence-electron chi connectivity index (χ1n) is 5.72. The van der Waals surface area contributed by atoms with E-state index in [1.807, 2.05) is 13.8 Å². The highest BCUT2D eigenvalue weighted by Gasteiger charge is 2.22. The summed E-state index contributed by atoms with van der Waals surface area (Å²) < 4.78 is 0. The molecule has 0 N–H and O–H groups in total. The monoisotopic (exact) mass is 198 g/mol. The summed E-state index contributed by atoms with van der Waals surface area (Å²) >= 11 is 0. The molecule has 0 aromatic rings. The molecule has 0 spiro atoms. The molecule has 0 aliphatic heterocycles. The lowest BCUT2D eigenvalue weighted by Gasteiger charge is -2.12. The summed E-state index contributed by atoms with van der Waals surface area (Å²) in [5.41, 5.74) is 0. The van der Waals surface area contributed by atoms with Crippen LogP contribution in [0.1, 0.15) is 59.3 Å². The van der Waals surface area contributed by atoms with Gasteiger partial charge in [0.2, 0.25) is 0 Å². The molecule has 1 atom stereocenters. The summed E-state index contributed by atoms with van der Waals surface area (Å²) in [6.07, 6.45) is 4.64. The lowest BCUT2D eigenvalue weighted by atomic mass is 9.90. The van der Waals surface area contributed by atoms with Gasteiger partial charge in [-0.05, 0) is 12.8 Å². The molecule has 0 radical (unpaired) electrons. The van der Waals surface area contributed by atoms with Crippen molar-refractivity contribution in [2.75, 3.05) is 0 Å². The zero-order chi connectivity index (χ0) is 11.0. The summed E-state index contributed by atoms with van der Waals surface area (Å²) in [5.74, 6) is -0.0370. The molecule has 0 bridgehead atoms. The van der Waals surface area contributed by atoms with Gasteiger partial charge < -0.3 is 0 Å². The Morgan fingerprint density at radius 3 is 2.07 bits per heavy atom. The first kappa shape index (κ1) is 13.3. The van der Waals surface area contributed by atoms with E-state index in [1.165, 1.54) is 0 Å². The Labute approximate surface area is 87.1 Å². The molecule has 0 aromatic heterocycles. The molecular weight excluding hydrogens is 176 g/mol. The zero-order valence-electron chi connectivity index (χ0n) is 9.64. The second-order valence-electron chi connectivity index (χ2n) is 3.73. The second-order valence-corrected chi connectivity index (χ2v) is 3.73. The maximum atomic E-state index is 11.7. The summed E-state index contributed by atoms with van der Waals surface area (Å²) in [6, 6.07) is 0. The van der Waals surface area contributed by atoms with Gasteiger partial charge in [-0.25, -0.2) is 0 Å². The molecule has 2 nitrogen and oxygen atoms in total. The second kappa shape index (κ2) is 7.72. The van der Waals surface area contributed by atoms with Gasteiger partial charge in [-0.15, -0.1) is 0 Å². The Morgan fingerprint density at radius 1 is 1.00 bits per heavy atom. The number of Topliss-reactive ketones (excluding diaryl/α,β-unsaturated/α-hetero) is 2. The minimum absolute atomic E-state index is 0.118. The largest absolute Gasteiger partial charge is 0.299 e. The van der Waals surface area contributed by atoms with Crippen molar-refractivity contribution in [1.82, 2.24) is 0 Å². The van der Waals surface area contributed by atoms with E-state index >= 15 is 0 Å². The van der Waals surface area contributed by atoms with Crippen LogP contribution in [0.5, 0.6) is 0 Å². The van der Waals surface area contributed by atoms with Gasteiger partial charge in [-0.3, -0.25) is 9.59 Å². The van der Waals surface area contributed by atoms with Crippen molar-refractivity contribution >= 4 is 11.6 Å². The van der Waals surface area contributed by atoms with E-state index in [4.69, 9.17) is 0 Å². The number of hydrogen-bond acceptors (Lipinski definition) is 2. The Balaban J connectivity index is 4.18. The lowest BCUT2D eigenvalue weighted by Crippen LogP contribution is -2.23. The molecule has 0 aliphatic rings. The van der Waals surface area contributed by atoms with Gasteiger partial charge in [-0.1, -0.05) is 33.6 Å². The lowest BCUT2D eigenvalue weighted by molar-refractivity contribution is -0.133. The molecule has 0 amide bonds. The summed E-state index contributed by atoms with van der Waals surface area (Å²) in [5, 5.41) is 0. The molecule has 0 heterocycles. The van der Waals surface area contributed by atoms with Crippen molar-refractivity contribution in [3.63, 3.8) is 0 Å². The standard InChI is InChI=1S/C12H22O2/c1-4-7-9-12(14)10(8-5-2)11(13)6-3/h10H,4-9H2,1-3H3. The van der Waals surface area contributed by atoms with Gasteiger partial charge in [0, 0.05) is 12.8 Å². The van der Waals surface area contributed by atoms with Crippen LogP contribution >= 0.6 is 0 Å². The van der Waals surface area contributed by atoms with Crippen molar-refractivity contribution < 1.29 is 9.59 Å². The van der Waals surface area contributed by atoms with Crippen molar-refractivity contribution in [3.8, 4) is 0 Å². The highest BCUT2D eigenvalue weighted by molar-refractivity contribution is 6.02. The van der Waals surface area contributed by atoms with Crippen molar-refractivity contribution in [2.24, 2.45) is 5.92 Å². The fraction of sp³-hybridized carbons (Fsp3) is 0.833. The molecular formula is C12H22O2. The molecule has 0 saturated heterocycles. The third-order valence-corrected chi connectivity index (χ3v) is 2.48. The zero-order valence-corrected chi connectivity index (χ0v) is 9.64. The van der Waals surface area contributed by atoms with Crippen LogP contribution in [-0.4, -0.2) is 11.6 Å². The maximum Gasteiger partial charge on any atom is 0.143 e. The fourth-order valence-corrected chi connectivity index (χ4v) is 1.56. The number of carbonyl (C=O) groups excluding carboxylic acids is 2. The van der Waals surface area contributed by atoms with Crippen molar-refractivity contribution in [1.29, 1.82) is 0 Å². The molecule has 2 heteroatoms. The average molecular weight is 198 g/mol. The number of carbonyl (C=O) groups is 2. The van der Waals surface area contributed by atoms with Gasteiger partial charge in [0.05, 0.1) is 5.92 Å². The minimum Gasteiger partial charge on any atom is -0.299 e. The van der Waals surface area contributed by atoms with E-state index in [-0.39, 0.29) is 17.5 Å². The van der Waals surface area contributed by atoms with E-state index in [0.29, 0.717) is 12.8 Å². The Hall–Kier alpha value is -0.660. The smallest absolute Gasteiger partial charge is 0.143 e. The predicted octanol–water partition coefficient (Wildman–Crippen LogP) is 3.14. The molecule has 1 unspecified atom stereocenters. The summed E-state index contributed by atoms with van der Waals surface area (Å²) in [7, 11) is 0. The molecule has 14 heavy (non-hydrogen) atoms. The molecule has 0 saturated carbocycles. The van der Waals surface area contributed by atoms with E-state index in [9.17, 15) is 9.59 Å². The van der Waals surface area contributed by atoms with E-state index in [2.05, 4.69) is 6.92 Å². The van der Waals surface area contributed by atoms with Crippen LogP contribution in [-0.2, 0) is 9.59 Å². The number of rotatable bonds is 8. The first-order valence-corrected chi connectivity index (χ1v) is 5.72. The molecule has 0 fully saturated rings. The van der Waals surface area contributed by atoms with E-state index in [0.717, 1.165) is 25.7 Å². The SMILES string of the molecule is CCCCC(=O)C(CCC)C(=O)CC. The van der Waals surface area contributed by atoms with Crippen molar-refractivity contribution in [3.05, 3.63) is 0 Å². The highest BCUT2D eigenvalue weighted by atomic mass is 16.1. The third-order valence-electron chi connectivity index (χ3n) is 2.48. The topological polar surface area (TPSA) is 34.1 Å². The average Bonchev–Trinajstić information content (AvgIpc) is 2.21. The van der Waals surface area contributed by atoms with E-state index < -0.39 is 0 Å². The van der Waals surface area contributed by atoms with Crippen LogP contribution in [0.15, 0.2) is 0 Å². The van der Waals surface area contributed by atoms with Crippen LogP contribution in [0.4, 0.5) is 0 Å². The van der Waals surface area contributed by atoms with Crippen LogP contribution in [0.25, 0.3) is 0 Å². The predicted molar refractivity (Wildman–Crippen MR) is 58.2 cm³/mol. The van der Waals surface area contributed by atoms with Gasteiger partial charge in [0.15, 0.2) is 0 Å². The van der Waals surface area contributed by atoms with Gasteiger partial charge >= 0.3 is 0 Å². The Morgan fingerprint density at radius 2 is 1.64 bits per heavy atom. The van der Waals surface area contributed by atoms with Crippen LogP contribution in [0.2, 0.25) is 0 Å². The number of unbranched alkanes of at least 4 members (excludes halogenated alkanes) is 1. The van der Waals surface area contributed by atoms with Crippen molar-refractivity contribution in [2.45, 2.75) is 59.3 Å². The molecule has 0 aliphatic carbocycles. The normalized spacial score (nSPS) is 12.5. The summed E-state index contributed by atoms with van der Waals surface area (Å²) in [4.78, 5) is 23.2. The quantitative estimate of drug-likeness (QED) is 0.561. The third kappa shape index (κ3) is 4.54. The summed E-state index contributed by atoms with van der Waals surface area (Å²) in [6.45, 7) is 5.91. The van der Waals surface area contributed by atoms with Gasteiger partial charge in [-0.2, -0.15) is 0 Å². The Kier molecular flexibility index (Phi) is 7.35. The maximum absolute atomic E-state index is 11.7. The van der Waals surface area contributed by atoms with E-state index in [1.54, 1.807) is 0 Å². The fourth-order valence-electron chi connectivity index (χ4n) is 1.56.